The van der Waals surface area contributed by atoms with Crippen LogP contribution in [-0.2, 0) is 40.3 Å². The quantitative estimate of drug-likeness (QED) is 0.121. The van der Waals surface area contributed by atoms with Gasteiger partial charge in [-0.1, -0.05) is 36.4 Å². The summed E-state index contributed by atoms with van der Waals surface area (Å²) in [4.78, 5) is 11.9. The first-order valence-corrected chi connectivity index (χ1v) is 21.3. The van der Waals surface area contributed by atoms with Gasteiger partial charge in [0.25, 0.3) is 40.3 Å². The molecule has 0 radical (unpaired) electrons. The van der Waals surface area contributed by atoms with Crippen LogP contribution in [0.5, 0.6) is 0 Å². The molecule has 0 aliphatic rings. The second-order valence-corrected chi connectivity index (χ2v) is 18.7. The molecule has 0 spiro atoms. The maximum Gasteiger partial charge on any atom is 0.323 e. The number of nitrogens with zero attached hydrogens (tertiary/aromatic N) is 2. The van der Waals surface area contributed by atoms with Crippen molar-refractivity contribution in [3.63, 3.8) is 0 Å². The predicted molar refractivity (Wildman–Crippen MR) is 204 cm³/mol. The minimum absolute atomic E-state index is 0.000218. The number of hydrogen-bond donors (Lipinski definition) is 4. The smallest absolute Gasteiger partial charge is 0.308 e. The molecule has 2 amide bonds. The number of fused-ring (bicyclic) bond motifs is 2. The van der Waals surface area contributed by atoms with Gasteiger partial charge in [-0.2, -0.15) is 16.8 Å². The summed E-state index contributed by atoms with van der Waals surface area (Å²) >= 11 is 0. The average Bonchev–Trinajstić information content (AvgIpc) is 3.12. The van der Waals surface area contributed by atoms with Gasteiger partial charge < -0.3 is 10.6 Å². The van der Waals surface area contributed by atoms with E-state index in [4.69, 9.17) is 0 Å². The lowest BCUT2D eigenvalue weighted by Gasteiger charge is -2.20. The lowest BCUT2D eigenvalue weighted by atomic mass is 10.1. The Bertz CT molecular complexity index is 2740. The van der Waals surface area contributed by atoms with Crippen LogP contribution in [0.15, 0.2) is 141 Å². The van der Waals surface area contributed by atoms with Crippen molar-refractivity contribution in [3.05, 3.63) is 121 Å². The Morgan fingerprint density at radius 1 is 0.463 bits per heavy atom. The minimum atomic E-state index is -4.57. The molecule has 54 heavy (non-hydrogen) atoms. The number of carbonyl (C=O) groups excluding carboxylic acids is 1. The third-order valence-electron chi connectivity index (χ3n) is 8.41. The zero-order valence-corrected chi connectivity index (χ0v) is 31.4. The summed E-state index contributed by atoms with van der Waals surface area (Å²) in [5.41, 5.74) is 0.638. The van der Waals surface area contributed by atoms with Gasteiger partial charge in [0.1, 0.15) is 0 Å². The monoisotopic (exact) mass is 810 g/mol. The summed E-state index contributed by atoms with van der Waals surface area (Å²) in [6.45, 7) is 0. The van der Waals surface area contributed by atoms with Crippen LogP contribution in [-0.4, -0.2) is 62.9 Å². The molecule has 6 rings (SSSR count). The van der Waals surface area contributed by atoms with Crippen molar-refractivity contribution in [3.8, 4) is 0 Å². The van der Waals surface area contributed by atoms with E-state index in [9.17, 15) is 47.6 Å². The van der Waals surface area contributed by atoms with Gasteiger partial charge in [-0.25, -0.2) is 21.6 Å². The summed E-state index contributed by atoms with van der Waals surface area (Å²) in [6.07, 6.45) is 0. The molecule has 0 aliphatic carbocycles. The topological polar surface area (TPSA) is 225 Å². The maximum atomic E-state index is 13.5. The average molecular weight is 811 g/mol. The minimum Gasteiger partial charge on any atom is -0.308 e. The molecule has 0 saturated heterocycles. The molecule has 0 aromatic heterocycles. The van der Waals surface area contributed by atoms with Gasteiger partial charge >= 0.3 is 6.03 Å². The maximum absolute atomic E-state index is 13.5. The molecule has 6 aromatic carbocycles. The molecule has 4 N–H and O–H groups in total. The molecule has 0 heterocycles. The van der Waals surface area contributed by atoms with Gasteiger partial charge in [0.15, 0.2) is 0 Å². The van der Waals surface area contributed by atoms with E-state index in [1.54, 1.807) is 48.5 Å². The molecule has 280 valence electrons. The first kappa shape index (κ1) is 38.2. The van der Waals surface area contributed by atoms with Crippen LogP contribution in [0.3, 0.4) is 0 Å². The fraction of sp³-hybridized carbons (Fsp3) is 0.0571. The molecule has 19 heteroatoms. The highest BCUT2D eigenvalue weighted by molar-refractivity contribution is 7.93. The second kappa shape index (κ2) is 14.0. The first-order chi connectivity index (χ1) is 25.2. The molecule has 0 aliphatic heterocycles. The fourth-order valence-corrected chi connectivity index (χ4v) is 8.98. The van der Waals surface area contributed by atoms with Gasteiger partial charge in [0.05, 0.1) is 31.0 Å². The van der Waals surface area contributed by atoms with Gasteiger partial charge in [-0.15, -0.1) is 0 Å². The van der Waals surface area contributed by atoms with E-state index >= 15 is 0 Å². The van der Waals surface area contributed by atoms with Crippen LogP contribution in [0.2, 0.25) is 0 Å². The number of urea groups is 1. The van der Waals surface area contributed by atoms with Crippen LogP contribution in [0, 0.1) is 0 Å². The summed E-state index contributed by atoms with van der Waals surface area (Å²) in [5.74, 6) is 0. The van der Waals surface area contributed by atoms with Crippen molar-refractivity contribution in [2.45, 2.75) is 19.6 Å². The molecule has 15 nitrogen and oxygen atoms in total. The number of anilines is 4. The van der Waals surface area contributed by atoms with Crippen molar-refractivity contribution in [2.24, 2.45) is 0 Å². The highest BCUT2D eigenvalue weighted by atomic mass is 32.2. The third-order valence-corrected chi connectivity index (χ3v) is 13.7. The molecule has 0 bridgehead atoms. The second-order valence-electron chi connectivity index (χ2n) is 11.9. The normalized spacial score (nSPS) is 12.4. The molecule has 0 fully saturated rings. The first-order valence-electron chi connectivity index (χ1n) is 15.5. The molecular weight excluding hydrogens is 781 g/mol. The summed E-state index contributed by atoms with van der Waals surface area (Å²) in [5, 5.41) is 7.62. The van der Waals surface area contributed by atoms with Crippen LogP contribution in [0.25, 0.3) is 21.5 Å². The Kier molecular flexibility index (Phi) is 9.90. The zero-order chi connectivity index (χ0) is 39.2. The number of benzene rings is 6. The summed E-state index contributed by atoms with van der Waals surface area (Å²) in [7, 11) is -15.0. The Morgan fingerprint density at radius 2 is 0.833 bits per heavy atom. The molecule has 0 unspecified atom stereocenters. The highest BCUT2D eigenvalue weighted by Gasteiger charge is 2.25. The van der Waals surface area contributed by atoms with E-state index in [0.717, 1.165) is 32.9 Å². The largest absolute Gasteiger partial charge is 0.323 e. The number of hydrogen-bond acceptors (Lipinski definition) is 9. The van der Waals surface area contributed by atoms with Crippen LogP contribution in [0.4, 0.5) is 27.5 Å². The number of amides is 2. The van der Waals surface area contributed by atoms with E-state index in [-0.39, 0.29) is 21.2 Å². The molecule has 0 saturated carbocycles. The lowest BCUT2D eigenvalue weighted by Crippen LogP contribution is -2.26. The van der Waals surface area contributed by atoms with Gasteiger partial charge in [-0.05, 0) is 106 Å². The van der Waals surface area contributed by atoms with Crippen LogP contribution >= 0.6 is 0 Å². The van der Waals surface area contributed by atoms with Crippen molar-refractivity contribution < 1.29 is 47.6 Å². The van der Waals surface area contributed by atoms with E-state index < -0.39 is 56.1 Å². The van der Waals surface area contributed by atoms with Crippen LogP contribution < -0.4 is 19.2 Å². The number of rotatable bonds is 10. The van der Waals surface area contributed by atoms with Gasteiger partial charge in [-0.3, -0.25) is 17.7 Å². The summed E-state index contributed by atoms with van der Waals surface area (Å²) < 4.78 is 121. The number of sulfonamides is 2. The van der Waals surface area contributed by atoms with Crippen LogP contribution in [0.1, 0.15) is 0 Å². The van der Waals surface area contributed by atoms with Crippen molar-refractivity contribution in [1.82, 2.24) is 0 Å². The van der Waals surface area contributed by atoms with Crippen molar-refractivity contribution in [1.29, 1.82) is 0 Å². The predicted octanol–water partition coefficient (Wildman–Crippen LogP) is 5.78. The highest BCUT2D eigenvalue weighted by Crippen LogP contribution is 2.30. The Labute approximate surface area is 311 Å². The third kappa shape index (κ3) is 7.86. The molecule has 6 aromatic rings. The van der Waals surface area contributed by atoms with Gasteiger partial charge in [0.2, 0.25) is 0 Å². The van der Waals surface area contributed by atoms with E-state index in [2.05, 4.69) is 10.6 Å². The lowest BCUT2D eigenvalue weighted by molar-refractivity contribution is 0.262. The Balaban J connectivity index is 1.20. The standard InChI is InChI=1S/C35H30N4O11S4/c1-38(29-5-3-7-33(21-29)53(45,46)47)51(41,42)31-15-11-23-9-13-27(17-25(23)19-31)36-35(40)37-28-14-10-24-12-16-32(20-26(24)18-28)52(43,44)39(2)30-6-4-8-34(22-30)54(48,49)50/h3-22H,1-2H3,(H2,36,37,40)(H,45,46,47)(H,48,49,50). The van der Waals surface area contributed by atoms with Crippen molar-refractivity contribution in [2.75, 3.05) is 33.3 Å². The molecule has 0 atom stereocenters. The Morgan fingerprint density at radius 3 is 1.20 bits per heavy atom. The Hall–Kier alpha value is -5.57. The SMILES string of the molecule is CN(c1cccc(S(=O)(=O)O)c1)S(=O)(=O)c1ccc2ccc(NC(=O)Nc3ccc4ccc(S(=O)(=O)N(C)c5cccc(S(=O)(=O)O)c5)cc4c3)cc2c1. The van der Waals surface area contributed by atoms with E-state index in [1.807, 2.05) is 0 Å². The van der Waals surface area contributed by atoms with Crippen molar-refractivity contribution >= 4 is 90.6 Å². The van der Waals surface area contributed by atoms with E-state index in [0.29, 0.717) is 32.9 Å². The fourth-order valence-electron chi connectivity index (χ4n) is 5.49. The number of nitrogens with one attached hydrogen (secondary N) is 2. The van der Waals surface area contributed by atoms with E-state index in [1.165, 1.54) is 62.6 Å². The number of carbonyl (C=O) groups is 1. The summed E-state index contributed by atoms with van der Waals surface area (Å²) in [6, 6.07) is 27.4. The van der Waals surface area contributed by atoms with Gasteiger partial charge in [0, 0.05) is 25.5 Å². The molecular formula is C35H30N4O11S4. The zero-order valence-electron chi connectivity index (χ0n) is 28.1.